The number of amides is 2. The second-order valence-corrected chi connectivity index (χ2v) is 7.39. The molecule has 1 aromatic carbocycles. The highest BCUT2D eigenvalue weighted by Crippen LogP contribution is 2.26. The Labute approximate surface area is 140 Å². The second kappa shape index (κ2) is 7.04. The molecule has 1 heterocycles. The van der Waals surface area contributed by atoms with Gasteiger partial charge in [-0.25, -0.2) is 8.42 Å². The molecule has 8 heteroatoms. The number of hydrogen-bond donors (Lipinski definition) is 1. The monoisotopic (exact) mass is 351 g/mol. The number of nitrogens with zero attached hydrogens (tertiary/aromatic N) is 2. The number of likely N-dealkylation sites (N-methyl/N-ethyl adjacent to an activating group) is 1. The molecular weight excluding hydrogens is 330 g/mol. The summed E-state index contributed by atoms with van der Waals surface area (Å²) in [5.41, 5.74) is 5.66. The highest BCUT2D eigenvalue weighted by Gasteiger charge is 2.24. The van der Waals surface area contributed by atoms with E-state index in [1.807, 2.05) is 13.8 Å². The van der Waals surface area contributed by atoms with Crippen LogP contribution in [-0.4, -0.2) is 48.5 Å². The Bertz CT molecular complexity index is 867. The number of carbonyl (C=O) groups is 2. The van der Waals surface area contributed by atoms with Gasteiger partial charge in [0.2, 0.25) is 11.8 Å². The van der Waals surface area contributed by atoms with Crippen molar-refractivity contribution >= 4 is 32.6 Å². The third-order valence-corrected chi connectivity index (χ3v) is 5.50. The molecule has 0 radical (unpaired) electrons. The molecule has 1 aromatic heterocycles. The standard InChI is InChI=1S/C16H21N3O4S/c1-3-18(4-2)16(21)10-19-9-14(24(22,23)11-15(17)20)12-7-5-6-8-13(12)19/h5-9H,3-4,10-11H2,1-2H3,(H2,17,20). The van der Waals surface area contributed by atoms with Gasteiger partial charge in [-0.2, -0.15) is 0 Å². The number of hydrogen-bond acceptors (Lipinski definition) is 4. The van der Waals surface area contributed by atoms with Gasteiger partial charge in [0.15, 0.2) is 9.84 Å². The molecular formula is C16H21N3O4S. The lowest BCUT2D eigenvalue weighted by Crippen LogP contribution is -2.33. The van der Waals surface area contributed by atoms with Crippen molar-refractivity contribution < 1.29 is 18.0 Å². The smallest absolute Gasteiger partial charge is 0.242 e. The molecule has 7 nitrogen and oxygen atoms in total. The predicted molar refractivity (Wildman–Crippen MR) is 91.1 cm³/mol. The Morgan fingerprint density at radius 2 is 1.79 bits per heavy atom. The Kier molecular flexibility index (Phi) is 5.28. The van der Waals surface area contributed by atoms with Gasteiger partial charge in [-0.3, -0.25) is 9.59 Å². The molecule has 0 saturated carbocycles. The lowest BCUT2D eigenvalue weighted by atomic mass is 10.2. The third-order valence-electron chi connectivity index (χ3n) is 3.84. The van der Waals surface area contributed by atoms with Crippen LogP contribution in [0, 0.1) is 0 Å². The van der Waals surface area contributed by atoms with E-state index < -0.39 is 21.5 Å². The van der Waals surface area contributed by atoms with E-state index >= 15 is 0 Å². The summed E-state index contributed by atoms with van der Waals surface area (Å²) in [6.07, 6.45) is 1.41. The van der Waals surface area contributed by atoms with Crippen LogP contribution in [0.5, 0.6) is 0 Å². The number of nitrogens with two attached hydrogens (primary N) is 1. The van der Waals surface area contributed by atoms with Gasteiger partial charge in [-0.15, -0.1) is 0 Å². The van der Waals surface area contributed by atoms with Crippen LogP contribution in [0.4, 0.5) is 0 Å². The maximum atomic E-state index is 12.4. The number of benzene rings is 1. The number of para-hydroxylation sites is 1. The first kappa shape index (κ1) is 18.0. The van der Waals surface area contributed by atoms with Gasteiger partial charge < -0.3 is 15.2 Å². The molecule has 0 aliphatic heterocycles. The first-order chi connectivity index (χ1) is 11.3. The summed E-state index contributed by atoms with van der Waals surface area (Å²) in [5, 5.41) is 0.478. The Hall–Kier alpha value is -2.35. The van der Waals surface area contributed by atoms with E-state index in [0.29, 0.717) is 24.0 Å². The van der Waals surface area contributed by atoms with Gasteiger partial charge in [0.1, 0.15) is 12.3 Å². The fourth-order valence-corrected chi connectivity index (χ4v) is 4.00. The van der Waals surface area contributed by atoms with Crippen LogP contribution >= 0.6 is 0 Å². The predicted octanol–water partition coefficient (Wildman–Crippen LogP) is 0.769. The zero-order valence-corrected chi connectivity index (χ0v) is 14.5. The van der Waals surface area contributed by atoms with Crippen LogP contribution in [-0.2, 0) is 26.0 Å². The number of rotatable bonds is 7. The van der Waals surface area contributed by atoms with Crippen molar-refractivity contribution in [3.8, 4) is 0 Å². The minimum Gasteiger partial charge on any atom is -0.369 e. The van der Waals surface area contributed by atoms with Gasteiger partial charge in [0.25, 0.3) is 0 Å². The van der Waals surface area contributed by atoms with Crippen molar-refractivity contribution in [2.45, 2.75) is 25.3 Å². The molecule has 24 heavy (non-hydrogen) atoms. The summed E-state index contributed by atoms with van der Waals surface area (Å²) in [5.74, 6) is -1.77. The second-order valence-electron chi connectivity index (χ2n) is 5.43. The average molecular weight is 351 g/mol. The Balaban J connectivity index is 2.50. The molecule has 0 unspecified atom stereocenters. The molecule has 0 saturated heterocycles. The van der Waals surface area contributed by atoms with E-state index in [-0.39, 0.29) is 17.3 Å². The van der Waals surface area contributed by atoms with Crippen LogP contribution in [0.25, 0.3) is 10.9 Å². The zero-order valence-electron chi connectivity index (χ0n) is 13.7. The van der Waals surface area contributed by atoms with E-state index in [4.69, 9.17) is 5.73 Å². The topological polar surface area (TPSA) is 102 Å². The first-order valence-electron chi connectivity index (χ1n) is 7.66. The molecule has 0 bridgehead atoms. The number of aromatic nitrogens is 1. The number of carbonyl (C=O) groups excluding carboxylic acids is 2. The van der Waals surface area contributed by atoms with Crippen molar-refractivity contribution in [2.24, 2.45) is 5.73 Å². The Morgan fingerprint density at radius 3 is 2.38 bits per heavy atom. The van der Waals surface area contributed by atoms with Crippen LogP contribution < -0.4 is 5.73 Å². The minimum absolute atomic E-state index is 0.0178. The molecule has 0 fully saturated rings. The van der Waals surface area contributed by atoms with Crippen molar-refractivity contribution in [1.29, 1.82) is 0 Å². The molecule has 0 spiro atoms. The molecule has 2 rings (SSSR count). The molecule has 0 atom stereocenters. The SMILES string of the molecule is CCN(CC)C(=O)Cn1cc(S(=O)(=O)CC(N)=O)c2ccccc21. The number of sulfone groups is 1. The largest absolute Gasteiger partial charge is 0.369 e. The zero-order chi connectivity index (χ0) is 17.9. The lowest BCUT2D eigenvalue weighted by molar-refractivity contribution is -0.131. The average Bonchev–Trinajstić information content (AvgIpc) is 2.87. The highest BCUT2D eigenvalue weighted by molar-refractivity contribution is 7.92. The minimum atomic E-state index is -3.85. The molecule has 0 aliphatic rings. The van der Waals surface area contributed by atoms with Crippen molar-refractivity contribution in [2.75, 3.05) is 18.8 Å². The normalized spacial score (nSPS) is 11.6. The summed E-state index contributed by atoms with van der Waals surface area (Å²) in [7, 11) is -3.85. The highest BCUT2D eigenvalue weighted by atomic mass is 32.2. The van der Waals surface area contributed by atoms with Gasteiger partial charge in [-0.05, 0) is 19.9 Å². The summed E-state index contributed by atoms with van der Waals surface area (Å²) < 4.78 is 26.4. The lowest BCUT2D eigenvalue weighted by Gasteiger charge is -2.19. The fraction of sp³-hybridized carbons (Fsp3) is 0.375. The van der Waals surface area contributed by atoms with Gasteiger partial charge in [0.05, 0.1) is 4.90 Å². The van der Waals surface area contributed by atoms with E-state index in [2.05, 4.69) is 0 Å². The number of fused-ring (bicyclic) bond motifs is 1. The quantitative estimate of drug-likeness (QED) is 0.796. The number of primary amides is 1. The van der Waals surface area contributed by atoms with E-state index in [1.165, 1.54) is 6.20 Å². The van der Waals surface area contributed by atoms with Crippen LogP contribution in [0.15, 0.2) is 35.4 Å². The summed E-state index contributed by atoms with van der Waals surface area (Å²) in [6.45, 7) is 4.98. The summed E-state index contributed by atoms with van der Waals surface area (Å²) >= 11 is 0. The van der Waals surface area contributed by atoms with E-state index in [9.17, 15) is 18.0 Å². The van der Waals surface area contributed by atoms with E-state index in [0.717, 1.165) is 0 Å². The van der Waals surface area contributed by atoms with Gasteiger partial charge in [-0.1, -0.05) is 18.2 Å². The fourth-order valence-electron chi connectivity index (χ4n) is 2.68. The van der Waals surface area contributed by atoms with Crippen LogP contribution in [0.3, 0.4) is 0 Å². The van der Waals surface area contributed by atoms with Crippen molar-refractivity contribution in [1.82, 2.24) is 9.47 Å². The molecule has 130 valence electrons. The molecule has 0 aliphatic carbocycles. The third kappa shape index (κ3) is 3.59. The molecule has 2 aromatic rings. The maximum absolute atomic E-state index is 12.4. The Morgan fingerprint density at radius 1 is 1.17 bits per heavy atom. The van der Waals surface area contributed by atoms with E-state index in [1.54, 1.807) is 33.7 Å². The maximum Gasteiger partial charge on any atom is 0.242 e. The first-order valence-corrected chi connectivity index (χ1v) is 9.32. The molecule has 2 N–H and O–H groups in total. The van der Waals surface area contributed by atoms with Gasteiger partial charge in [0, 0.05) is 30.2 Å². The van der Waals surface area contributed by atoms with Crippen LogP contribution in [0.1, 0.15) is 13.8 Å². The summed E-state index contributed by atoms with van der Waals surface area (Å²) in [6, 6.07) is 6.88. The van der Waals surface area contributed by atoms with Crippen molar-refractivity contribution in [3.63, 3.8) is 0 Å². The van der Waals surface area contributed by atoms with Crippen LogP contribution in [0.2, 0.25) is 0 Å². The molecule has 2 amide bonds. The summed E-state index contributed by atoms with van der Waals surface area (Å²) in [4.78, 5) is 25.1. The van der Waals surface area contributed by atoms with Crippen molar-refractivity contribution in [3.05, 3.63) is 30.5 Å². The van der Waals surface area contributed by atoms with Gasteiger partial charge >= 0.3 is 0 Å².